The summed E-state index contributed by atoms with van der Waals surface area (Å²) in [4.78, 5) is 16.9. The second-order valence-electron chi connectivity index (χ2n) is 7.46. The van der Waals surface area contributed by atoms with Crippen LogP contribution >= 0.6 is 34.8 Å². The predicted molar refractivity (Wildman–Crippen MR) is 125 cm³/mol. The maximum Gasteiger partial charge on any atom is 0.227 e. The van der Waals surface area contributed by atoms with Crippen LogP contribution in [-0.2, 0) is 11.2 Å². The molecule has 7 heteroatoms. The molecule has 3 nitrogen and oxygen atoms in total. The first-order valence-electron chi connectivity index (χ1n) is 9.90. The van der Waals surface area contributed by atoms with Crippen molar-refractivity contribution in [3.8, 4) is 0 Å². The van der Waals surface area contributed by atoms with Gasteiger partial charge in [-0.25, -0.2) is 4.39 Å². The molecule has 0 bridgehead atoms. The Morgan fingerprint density at radius 3 is 2.35 bits per heavy atom. The van der Waals surface area contributed by atoms with Crippen molar-refractivity contribution in [3.63, 3.8) is 0 Å². The molecule has 0 saturated carbocycles. The molecule has 1 atom stereocenters. The van der Waals surface area contributed by atoms with Gasteiger partial charge in [0, 0.05) is 29.7 Å². The molecule has 1 aliphatic heterocycles. The van der Waals surface area contributed by atoms with E-state index in [4.69, 9.17) is 34.8 Å². The number of amides is 1. The third-order valence-electron chi connectivity index (χ3n) is 5.51. The Kier molecular flexibility index (Phi) is 6.71. The smallest absolute Gasteiger partial charge is 0.227 e. The fourth-order valence-electron chi connectivity index (χ4n) is 3.90. The fraction of sp³-hybridized carbons (Fsp3) is 0.208. The van der Waals surface area contributed by atoms with Crippen LogP contribution in [0.5, 0.6) is 0 Å². The van der Waals surface area contributed by atoms with Crippen LogP contribution < -0.4 is 4.90 Å². The van der Waals surface area contributed by atoms with Crippen LogP contribution in [0.25, 0.3) is 0 Å². The topological polar surface area (TPSA) is 23.6 Å². The van der Waals surface area contributed by atoms with Crippen LogP contribution in [-0.4, -0.2) is 30.4 Å². The molecule has 160 valence electrons. The first kappa shape index (κ1) is 21.9. The van der Waals surface area contributed by atoms with Crippen LogP contribution in [0, 0.1) is 5.82 Å². The lowest BCUT2D eigenvalue weighted by atomic mass is 10.0. The van der Waals surface area contributed by atoms with Gasteiger partial charge in [-0.2, -0.15) is 0 Å². The van der Waals surface area contributed by atoms with E-state index < -0.39 is 0 Å². The van der Waals surface area contributed by atoms with Gasteiger partial charge in [0.15, 0.2) is 0 Å². The third kappa shape index (κ3) is 4.98. The Balaban J connectivity index is 1.61. The largest absolute Gasteiger partial charge is 0.360 e. The number of benzene rings is 3. The minimum Gasteiger partial charge on any atom is -0.360 e. The van der Waals surface area contributed by atoms with E-state index in [-0.39, 0.29) is 24.2 Å². The van der Waals surface area contributed by atoms with Crippen LogP contribution in [0.3, 0.4) is 0 Å². The fourth-order valence-corrected chi connectivity index (χ4v) is 4.54. The van der Waals surface area contributed by atoms with Crippen molar-refractivity contribution in [2.24, 2.45) is 0 Å². The SMILES string of the molecule is O=C(Cc1ccccc1F)N1CCN(c2ccc(Cl)cc2Cl)C(c2ccc(Cl)cc2)C1. The molecule has 0 radical (unpaired) electrons. The number of rotatable bonds is 4. The molecule has 3 aromatic carbocycles. The summed E-state index contributed by atoms with van der Waals surface area (Å²) >= 11 is 18.7. The van der Waals surface area contributed by atoms with E-state index in [1.54, 1.807) is 35.2 Å². The van der Waals surface area contributed by atoms with Crippen molar-refractivity contribution < 1.29 is 9.18 Å². The lowest BCUT2D eigenvalue weighted by molar-refractivity contribution is -0.131. The van der Waals surface area contributed by atoms with E-state index in [1.165, 1.54) is 6.07 Å². The highest BCUT2D eigenvalue weighted by Gasteiger charge is 2.32. The standard InChI is InChI=1S/C24H20Cl3FN2O/c25-18-7-5-16(6-8-18)23-15-29(24(31)13-17-3-1-2-4-21(17)28)11-12-30(23)22-10-9-19(26)14-20(22)27/h1-10,14,23H,11-13,15H2. The van der Waals surface area contributed by atoms with Crippen LogP contribution in [0.15, 0.2) is 66.7 Å². The normalized spacial score (nSPS) is 16.5. The Labute approximate surface area is 195 Å². The minimum atomic E-state index is -0.364. The summed E-state index contributed by atoms with van der Waals surface area (Å²) < 4.78 is 14.0. The summed E-state index contributed by atoms with van der Waals surface area (Å²) in [5, 5.41) is 1.76. The maximum atomic E-state index is 14.0. The van der Waals surface area contributed by atoms with Crippen molar-refractivity contribution in [3.05, 3.63) is 98.7 Å². The van der Waals surface area contributed by atoms with Crippen molar-refractivity contribution in [2.45, 2.75) is 12.5 Å². The summed E-state index contributed by atoms with van der Waals surface area (Å²) in [6, 6.07) is 19.2. The monoisotopic (exact) mass is 476 g/mol. The lowest BCUT2D eigenvalue weighted by Crippen LogP contribution is -2.51. The summed E-state index contributed by atoms with van der Waals surface area (Å²) in [7, 11) is 0. The molecule has 1 amide bonds. The van der Waals surface area contributed by atoms with Gasteiger partial charge in [-0.15, -0.1) is 0 Å². The van der Waals surface area contributed by atoms with Gasteiger partial charge in [-0.05, 0) is 47.5 Å². The number of carbonyl (C=O) groups is 1. The second kappa shape index (κ2) is 9.47. The van der Waals surface area contributed by atoms with Gasteiger partial charge in [-0.3, -0.25) is 4.79 Å². The first-order valence-corrected chi connectivity index (χ1v) is 11.0. The number of hydrogen-bond donors (Lipinski definition) is 0. The first-order chi connectivity index (χ1) is 14.9. The van der Waals surface area contributed by atoms with Crippen LogP contribution in [0.2, 0.25) is 15.1 Å². The van der Waals surface area contributed by atoms with Crippen molar-refractivity contribution in [1.29, 1.82) is 0 Å². The van der Waals surface area contributed by atoms with Gasteiger partial charge in [-0.1, -0.05) is 65.1 Å². The molecule has 1 heterocycles. The molecule has 1 unspecified atom stereocenters. The highest BCUT2D eigenvalue weighted by molar-refractivity contribution is 6.36. The van der Waals surface area contributed by atoms with Crippen LogP contribution in [0.1, 0.15) is 17.2 Å². The van der Waals surface area contributed by atoms with E-state index in [0.29, 0.717) is 40.3 Å². The average molecular weight is 478 g/mol. The van der Waals surface area contributed by atoms with Gasteiger partial charge < -0.3 is 9.80 Å². The highest BCUT2D eigenvalue weighted by Crippen LogP contribution is 2.37. The van der Waals surface area contributed by atoms with E-state index in [1.807, 2.05) is 30.3 Å². The van der Waals surface area contributed by atoms with Gasteiger partial charge in [0.1, 0.15) is 5.82 Å². The maximum absolute atomic E-state index is 14.0. The molecule has 0 aromatic heterocycles. The molecule has 1 aliphatic rings. The Morgan fingerprint density at radius 1 is 0.935 bits per heavy atom. The number of carbonyl (C=O) groups excluding carboxylic acids is 1. The highest BCUT2D eigenvalue weighted by atomic mass is 35.5. The molecule has 0 N–H and O–H groups in total. The second-order valence-corrected chi connectivity index (χ2v) is 8.74. The molecule has 0 aliphatic carbocycles. The summed E-state index contributed by atoms with van der Waals surface area (Å²) in [5.41, 5.74) is 2.27. The van der Waals surface area contributed by atoms with Crippen LogP contribution in [0.4, 0.5) is 10.1 Å². The van der Waals surface area contributed by atoms with Crippen molar-refractivity contribution in [1.82, 2.24) is 4.90 Å². The van der Waals surface area contributed by atoms with Gasteiger partial charge in [0.2, 0.25) is 5.91 Å². The number of halogens is 4. The molecule has 0 spiro atoms. The van der Waals surface area contributed by atoms with E-state index >= 15 is 0 Å². The molecule has 31 heavy (non-hydrogen) atoms. The Bertz CT molecular complexity index is 1090. The van der Waals surface area contributed by atoms with E-state index in [0.717, 1.165) is 11.3 Å². The number of anilines is 1. The molecule has 1 fully saturated rings. The van der Waals surface area contributed by atoms with Crippen molar-refractivity contribution in [2.75, 3.05) is 24.5 Å². The summed E-state index contributed by atoms with van der Waals surface area (Å²) in [5.74, 6) is -0.470. The van der Waals surface area contributed by atoms with Crippen molar-refractivity contribution >= 4 is 46.4 Å². The Hall–Kier alpha value is -2.27. The lowest BCUT2D eigenvalue weighted by Gasteiger charge is -2.43. The zero-order valence-electron chi connectivity index (χ0n) is 16.6. The van der Waals surface area contributed by atoms with Gasteiger partial charge in [0.25, 0.3) is 0 Å². The predicted octanol–water partition coefficient (Wildman–Crippen LogP) is 6.42. The van der Waals surface area contributed by atoms with Gasteiger partial charge >= 0.3 is 0 Å². The summed E-state index contributed by atoms with van der Waals surface area (Å²) in [6.07, 6.45) is 0.0295. The summed E-state index contributed by atoms with van der Waals surface area (Å²) in [6.45, 7) is 1.54. The number of piperazine rings is 1. The van der Waals surface area contributed by atoms with E-state index in [9.17, 15) is 9.18 Å². The molecular formula is C24H20Cl3FN2O. The molecule has 4 rings (SSSR count). The molecule has 1 saturated heterocycles. The Morgan fingerprint density at radius 2 is 1.65 bits per heavy atom. The van der Waals surface area contributed by atoms with E-state index in [2.05, 4.69) is 4.90 Å². The zero-order chi connectivity index (χ0) is 22.0. The number of hydrogen-bond acceptors (Lipinski definition) is 2. The zero-order valence-corrected chi connectivity index (χ0v) is 18.8. The average Bonchev–Trinajstić information content (AvgIpc) is 2.76. The number of nitrogens with zero attached hydrogens (tertiary/aromatic N) is 2. The molecular weight excluding hydrogens is 458 g/mol. The third-order valence-corrected chi connectivity index (χ3v) is 6.30. The van der Waals surface area contributed by atoms with Gasteiger partial charge in [0.05, 0.1) is 23.2 Å². The minimum absolute atomic E-state index is 0.0295. The molecule has 3 aromatic rings. The quantitative estimate of drug-likeness (QED) is 0.433.